The number of carbonyl (C=O) groups excluding carboxylic acids is 2. The Kier molecular flexibility index (Phi) is 6.32. The molecule has 0 saturated carbocycles. The van der Waals surface area contributed by atoms with Gasteiger partial charge in [0, 0.05) is 6.54 Å². The van der Waals surface area contributed by atoms with Crippen LogP contribution >= 0.6 is 0 Å². The minimum absolute atomic E-state index is 0.0193. The molecule has 1 atom stereocenters. The maximum absolute atomic E-state index is 12.2. The van der Waals surface area contributed by atoms with Gasteiger partial charge in [-0.25, -0.2) is 0 Å². The number of hydrogen-bond donors (Lipinski definition) is 1. The molecular formula is C15H28N2O2. The van der Waals surface area contributed by atoms with Crippen molar-refractivity contribution in [3.8, 4) is 0 Å². The number of amides is 2. The molecule has 1 saturated heterocycles. The van der Waals surface area contributed by atoms with Gasteiger partial charge in [0.1, 0.15) is 6.04 Å². The highest BCUT2D eigenvalue weighted by Gasteiger charge is 2.32. The summed E-state index contributed by atoms with van der Waals surface area (Å²) < 4.78 is 0. The van der Waals surface area contributed by atoms with Crippen LogP contribution < -0.4 is 5.32 Å². The third-order valence-electron chi connectivity index (χ3n) is 3.45. The van der Waals surface area contributed by atoms with E-state index in [0.717, 1.165) is 19.3 Å². The van der Waals surface area contributed by atoms with E-state index in [4.69, 9.17) is 0 Å². The number of hydrogen-bond acceptors (Lipinski definition) is 2. The topological polar surface area (TPSA) is 49.4 Å². The zero-order valence-corrected chi connectivity index (χ0v) is 12.7. The minimum atomic E-state index is -0.314. The van der Waals surface area contributed by atoms with Crippen LogP contribution in [0.3, 0.4) is 0 Å². The summed E-state index contributed by atoms with van der Waals surface area (Å²) in [6, 6.07) is -0.314. The highest BCUT2D eigenvalue weighted by Crippen LogP contribution is 2.13. The zero-order valence-electron chi connectivity index (χ0n) is 12.7. The smallest absolute Gasteiger partial charge is 0.245 e. The molecule has 4 heteroatoms. The van der Waals surface area contributed by atoms with Crippen molar-refractivity contribution in [3.63, 3.8) is 0 Å². The number of carbonyl (C=O) groups is 2. The lowest BCUT2D eigenvalue weighted by Crippen LogP contribution is -2.58. The van der Waals surface area contributed by atoms with Gasteiger partial charge in [-0.15, -0.1) is 0 Å². The van der Waals surface area contributed by atoms with Gasteiger partial charge in [0.2, 0.25) is 11.8 Å². The second-order valence-corrected chi connectivity index (χ2v) is 6.40. The van der Waals surface area contributed by atoms with Crippen molar-refractivity contribution in [2.24, 2.45) is 11.8 Å². The molecule has 0 aromatic carbocycles. The first-order chi connectivity index (χ1) is 8.90. The first kappa shape index (κ1) is 16.0. The molecule has 1 unspecified atom stereocenters. The van der Waals surface area contributed by atoms with E-state index < -0.39 is 0 Å². The van der Waals surface area contributed by atoms with Crippen LogP contribution in [0.2, 0.25) is 0 Å². The van der Waals surface area contributed by atoms with Crippen LogP contribution in [0.25, 0.3) is 0 Å². The van der Waals surface area contributed by atoms with Gasteiger partial charge in [-0.3, -0.25) is 9.59 Å². The summed E-state index contributed by atoms with van der Waals surface area (Å²) in [6.07, 6.45) is 4.03. The van der Waals surface area contributed by atoms with Gasteiger partial charge in [0.15, 0.2) is 0 Å². The number of nitrogens with zero attached hydrogens (tertiary/aromatic N) is 1. The van der Waals surface area contributed by atoms with Crippen molar-refractivity contribution in [3.05, 3.63) is 0 Å². The molecule has 0 aliphatic carbocycles. The Bertz CT molecular complexity index is 313. The second-order valence-electron chi connectivity index (χ2n) is 6.40. The van der Waals surface area contributed by atoms with E-state index in [0.29, 0.717) is 18.4 Å². The summed E-state index contributed by atoms with van der Waals surface area (Å²) in [5.41, 5.74) is 0. The van der Waals surface area contributed by atoms with Gasteiger partial charge in [0.25, 0.3) is 0 Å². The van der Waals surface area contributed by atoms with E-state index >= 15 is 0 Å². The highest BCUT2D eigenvalue weighted by atomic mass is 16.2. The lowest BCUT2D eigenvalue weighted by molar-refractivity contribution is -0.144. The molecule has 0 aromatic heterocycles. The molecule has 1 aliphatic rings. The molecule has 1 heterocycles. The second kappa shape index (κ2) is 7.51. The number of rotatable bonds is 7. The number of unbranched alkanes of at least 4 members (excludes halogenated alkanes) is 1. The molecule has 0 bridgehead atoms. The molecule has 0 spiro atoms. The van der Waals surface area contributed by atoms with Crippen LogP contribution in [0.4, 0.5) is 0 Å². The lowest BCUT2D eigenvalue weighted by Gasteiger charge is -2.33. The Balaban J connectivity index is 2.43. The molecular weight excluding hydrogens is 240 g/mol. The minimum Gasteiger partial charge on any atom is -0.343 e. The van der Waals surface area contributed by atoms with Crippen molar-refractivity contribution < 1.29 is 9.59 Å². The Morgan fingerprint density at radius 3 is 2.42 bits per heavy atom. The Labute approximate surface area is 116 Å². The van der Waals surface area contributed by atoms with Crippen LogP contribution in [0, 0.1) is 11.8 Å². The molecule has 0 radical (unpaired) electrons. The predicted molar refractivity (Wildman–Crippen MR) is 76.7 cm³/mol. The molecule has 110 valence electrons. The first-order valence-corrected chi connectivity index (χ1v) is 7.48. The third kappa shape index (κ3) is 5.62. The van der Waals surface area contributed by atoms with Crippen LogP contribution in [0.15, 0.2) is 0 Å². The van der Waals surface area contributed by atoms with Gasteiger partial charge in [-0.05, 0) is 24.7 Å². The lowest BCUT2D eigenvalue weighted by atomic mass is 10.0. The standard InChI is InChI=1S/C15H28N2O2/c1-11(2)7-5-6-8-17-10-14(18)16-13(15(17)19)9-12(3)4/h11-13H,5-10H2,1-4H3,(H,16,18). The third-order valence-corrected chi connectivity index (χ3v) is 3.45. The maximum Gasteiger partial charge on any atom is 0.245 e. The van der Waals surface area contributed by atoms with E-state index in [9.17, 15) is 9.59 Å². The van der Waals surface area contributed by atoms with E-state index in [1.54, 1.807) is 4.90 Å². The van der Waals surface area contributed by atoms with E-state index in [-0.39, 0.29) is 24.4 Å². The highest BCUT2D eigenvalue weighted by molar-refractivity contribution is 5.94. The predicted octanol–water partition coefficient (Wildman–Crippen LogP) is 2.19. The Morgan fingerprint density at radius 2 is 1.84 bits per heavy atom. The molecule has 4 nitrogen and oxygen atoms in total. The largest absolute Gasteiger partial charge is 0.343 e. The summed E-state index contributed by atoms with van der Waals surface area (Å²) in [5, 5.41) is 2.81. The summed E-state index contributed by atoms with van der Waals surface area (Å²) in [4.78, 5) is 25.6. The van der Waals surface area contributed by atoms with E-state index in [1.165, 1.54) is 6.42 Å². The summed E-state index contributed by atoms with van der Waals surface area (Å²) >= 11 is 0. The average Bonchev–Trinajstić information content (AvgIpc) is 2.29. The fraction of sp³-hybridized carbons (Fsp3) is 0.867. The number of nitrogens with one attached hydrogen (secondary N) is 1. The van der Waals surface area contributed by atoms with Crippen molar-refractivity contribution in [1.29, 1.82) is 0 Å². The SMILES string of the molecule is CC(C)CCCCN1CC(=O)NC(CC(C)C)C1=O. The maximum atomic E-state index is 12.2. The monoisotopic (exact) mass is 268 g/mol. The van der Waals surface area contributed by atoms with Crippen molar-refractivity contribution in [2.75, 3.05) is 13.1 Å². The van der Waals surface area contributed by atoms with Gasteiger partial charge in [-0.2, -0.15) is 0 Å². The molecule has 1 N–H and O–H groups in total. The quantitative estimate of drug-likeness (QED) is 0.720. The Morgan fingerprint density at radius 1 is 1.16 bits per heavy atom. The fourth-order valence-corrected chi connectivity index (χ4v) is 2.45. The van der Waals surface area contributed by atoms with Gasteiger partial charge < -0.3 is 10.2 Å². The van der Waals surface area contributed by atoms with Crippen LogP contribution in [-0.4, -0.2) is 35.8 Å². The molecule has 1 aliphatic heterocycles. The molecule has 19 heavy (non-hydrogen) atoms. The van der Waals surface area contributed by atoms with Crippen molar-refractivity contribution in [1.82, 2.24) is 10.2 Å². The van der Waals surface area contributed by atoms with Crippen LogP contribution in [0.1, 0.15) is 53.4 Å². The van der Waals surface area contributed by atoms with Crippen LogP contribution in [-0.2, 0) is 9.59 Å². The average molecular weight is 268 g/mol. The van der Waals surface area contributed by atoms with Gasteiger partial charge in [0.05, 0.1) is 6.54 Å². The molecule has 2 amide bonds. The van der Waals surface area contributed by atoms with Gasteiger partial charge in [-0.1, -0.05) is 40.5 Å². The summed E-state index contributed by atoms with van der Waals surface area (Å²) in [5.74, 6) is 1.19. The molecule has 1 fully saturated rings. The van der Waals surface area contributed by atoms with Gasteiger partial charge >= 0.3 is 0 Å². The zero-order chi connectivity index (χ0) is 14.4. The molecule has 0 aromatic rings. The van der Waals surface area contributed by atoms with E-state index in [1.807, 2.05) is 0 Å². The summed E-state index contributed by atoms with van der Waals surface area (Å²) in [7, 11) is 0. The first-order valence-electron chi connectivity index (χ1n) is 7.48. The normalized spacial score (nSPS) is 20.3. The van der Waals surface area contributed by atoms with Crippen molar-refractivity contribution in [2.45, 2.75) is 59.4 Å². The summed E-state index contributed by atoms with van der Waals surface area (Å²) in [6.45, 7) is 9.50. The number of piperazine rings is 1. The fourth-order valence-electron chi connectivity index (χ4n) is 2.45. The van der Waals surface area contributed by atoms with E-state index in [2.05, 4.69) is 33.0 Å². The molecule has 1 rings (SSSR count). The Hall–Kier alpha value is -1.06. The van der Waals surface area contributed by atoms with Crippen LogP contribution in [0.5, 0.6) is 0 Å². The van der Waals surface area contributed by atoms with Crippen molar-refractivity contribution >= 4 is 11.8 Å².